The van der Waals surface area contributed by atoms with E-state index < -0.39 is 0 Å². The minimum atomic E-state index is -0.0837. The number of fused-ring (bicyclic) bond motifs is 5. The monoisotopic (exact) mass is 426 g/mol. The zero-order chi connectivity index (χ0) is 22.4. The number of hydrogen-bond donors (Lipinski definition) is 1. The van der Waals surface area contributed by atoms with Crippen LogP contribution in [0.3, 0.4) is 0 Å². The predicted molar refractivity (Wildman–Crippen MR) is 133 cm³/mol. The van der Waals surface area contributed by atoms with E-state index in [-0.39, 0.29) is 6.10 Å². The first-order chi connectivity index (χ1) is 14.7. The summed E-state index contributed by atoms with van der Waals surface area (Å²) < 4.78 is 0. The van der Waals surface area contributed by atoms with E-state index in [0.717, 1.165) is 48.3 Å². The van der Waals surface area contributed by atoms with Gasteiger partial charge in [-0.25, -0.2) is 0 Å². The summed E-state index contributed by atoms with van der Waals surface area (Å²) in [6.45, 7) is 14.8. The molecule has 0 aromatic rings. The van der Waals surface area contributed by atoms with Gasteiger partial charge >= 0.3 is 0 Å². The molecule has 0 aromatic heterocycles. The molecule has 1 heteroatoms. The van der Waals surface area contributed by atoms with Gasteiger partial charge in [-0.1, -0.05) is 51.0 Å². The Balaban J connectivity index is 1.47. The van der Waals surface area contributed by atoms with Crippen molar-refractivity contribution < 1.29 is 5.11 Å². The Morgan fingerprint density at radius 3 is 2.61 bits per heavy atom. The molecule has 4 aliphatic carbocycles. The van der Waals surface area contributed by atoms with Crippen molar-refractivity contribution in [3.8, 4) is 0 Å². The minimum absolute atomic E-state index is 0.0837. The molecule has 3 saturated carbocycles. The molecular weight excluding hydrogens is 376 g/mol. The van der Waals surface area contributed by atoms with Crippen molar-refractivity contribution in [1.29, 1.82) is 0 Å². The molecule has 1 nitrogen and oxygen atoms in total. The van der Waals surface area contributed by atoms with Crippen molar-refractivity contribution in [3.05, 3.63) is 23.3 Å². The number of aliphatic hydroxyl groups is 1. The van der Waals surface area contributed by atoms with Crippen LogP contribution in [0.25, 0.3) is 0 Å². The van der Waals surface area contributed by atoms with Crippen molar-refractivity contribution in [2.45, 2.75) is 118 Å². The van der Waals surface area contributed by atoms with Crippen LogP contribution in [-0.4, -0.2) is 11.2 Å². The lowest BCUT2D eigenvalue weighted by Gasteiger charge is -2.58. The molecule has 0 spiro atoms. The van der Waals surface area contributed by atoms with E-state index >= 15 is 0 Å². The molecule has 0 radical (unpaired) electrons. The van der Waals surface area contributed by atoms with E-state index in [1.165, 1.54) is 57.8 Å². The van der Waals surface area contributed by atoms with Gasteiger partial charge in [0, 0.05) is 0 Å². The highest BCUT2D eigenvalue weighted by Crippen LogP contribution is 2.67. The summed E-state index contributed by atoms with van der Waals surface area (Å²) in [5.41, 5.74) is 4.16. The first kappa shape index (κ1) is 23.6. The molecule has 1 N–H and O–H groups in total. The van der Waals surface area contributed by atoms with Crippen molar-refractivity contribution >= 4 is 0 Å². The quantitative estimate of drug-likeness (QED) is 0.423. The van der Waals surface area contributed by atoms with Crippen molar-refractivity contribution in [3.63, 3.8) is 0 Å². The van der Waals surface area contributed by atoms with Gasteiger partial charge in [0.25, 0.3) is 0 Å². The van der Waals surface area contributed by atoms with Gasteiger partial charge in [0.1, 0.15) is 0 Å². The van der Waals surface area contributed by atoms with Gasteiger partial charge < -0.3 is 5.11 Å². The lowest BCUT2D eigenvalue weighted by molar-refractivity contribution is -0.0574. The fraction of sp³-hybridized carbons (Fsp3) is 0.867. The SMILES string of the molecule is CC=C(C)C(CC)CCC(C)C1CCC2C3CC=C4CC(O)CCC4(C)C3CCC12C. The van der Waals surface area contributed by atoms with Gasteiger partial charge in [-0.05, 0) is 131 Å². The van der Waals surface area contributed by atoms with E-state index in [2.05, 4.69) is 53.7 Å². The second kappa shape index (κ2) is 9.00. The maximum atomic E-state index is 10.3. The van der Waals surface area contributed by atoms with Crippen LogP contribution in [0.1, 0.15) is 112 Å². The van der Waals surface area contributed by atoms with Gasteiger partial charge in [-0.3, -0.25) is 0 Å². The van der Waals surface area contributed by atoms with Crippen molar-refractivity contribution in [1.82, 2.24) is 0 Å². The van der Waals surface area contributed by atoms with Crippen molar-refractivity contribution in [2.24, 2.45) is 46.3 Å². The summed E-state index contributed by atoms with van der Waals surface area (Å²) in [6, 6.07) is 0. The topological polar surface area (TPSA) is 20.2 Å². The fourth-order valence-electron chi connectivity index (χ4n) is 9.27. The standard InChI is InChI=1S/C30H50O/c1-7-20(3)22(8-2)10-9-21(4)26-13-14-27-25-12-11-23-19-24(31)15-17-29(23,5)28(25)16-18-30(26,27)6/h7,11,21-22,24-28,31H,8-10,12-19H2,1-6H3. The van der Waals surface area contributed by atoms with E-state index in [9.17, 15) is 5.11 Å². The zero-order valence-electron chi connectivity index (χ0n) is 21.4. The Hall–Kier alpha value is -0.560. The zero-order valence-corrected chi connectivity index (χ0v) is 21.4. The first-order valence-electron chi connectivity index (χ1n) is 13.7. The third kappa shape index (κ3) is 4.00. The maximum Gasteiger partial charge on any atom is 0.0577 e. The second-order valence-corrected chi connectivity index (χ2v) is 12.6. The highest BCUT2D eigenvalue weighted by Gasteiger charge is 2.59. The summed E-state index contributed by atoms with van der Waals surface area (Å²) in [4.78, 5) is 0. The highest BCUT2D eigenvalue weighted by atomic mass is 16.3. The van der Waals surface area contributed by atoms with E-state index in [0.29, 0.717) is 10.8 Å². The van der Waals surface area contributed by atoms with Crippen LogP contribution in [0.4, 0.5) is 0 Å². The third-order valence-corrected chi connectivity index (χ3v) is 11.4. The average molecular weight is 427 g/mol. The summed E-state index contributed by atoms with van der Waals surface area (Å²) in [7, 11) is 0. The summed E-state index contributed by atoms with van der Waals surface area (Å²) in [5.74, 6) is 5.27. The Kier molecular flexibility index (Phi) is 6.85. The Morgan fingerprint density at radius 2 is 1.90 bits per heavy atom. The molecule has 3 fully saturated rings. The van der Waals surface area contributed by atoms with Crippen LogP contribution < -0.4 is 0 Å². The molecular formula is C30H50O. The lowest BCUT2D eigenvalue weighted by atomic mass is 9.47. The molecule has 0 saturated heterocycles. The summed E-state index contributed by atoms with van der Waals surface area (Å²) in [5, 5.41) is 10.3. The Bertz CT molecular complexity index is 703. The molecule has 0 aliphatic heterocycles. The van der Waals surface area contributed by atoms with Gasteiger partial charge in [-0.15, -0.1) is 0 Å². The van der Waals surface area contributed by atoms with Gasteiger partial charge in [-0.2, -0.15) is 0 Å². The van der Waals surface area contributed by atoms with Crippen LogP contribution in [0, 0.1) is 46.3 Å². The molecule has 0 heterocycles. The lowest BCUT2D eigenvalue weighted by Crippen LogP contribution is -2.50. The van der Waals surface area contributed by atoms with Gasteiger partial charge in [0.05, 0.1) is 6.10 Å². The van der Waals surface area contributed by atoms with Gasteiger partial charge in [0.2, 0.25) is 0 Å². The molecule has 176 valence electrons. The fourth-order valence-corrected chi connectivity index (χ4v) is 9.27. The van der Waals surface area contributed by atoms with E-state index in [1.807, 2.05) is 0 Å². The molecule has 4 aliphatic rings. The normalized spacial score (nSPS) is 44.7. The van der Waals surface area contributed by atoms with Crippen molar-refractivity contribution in [2.75, 3.05) is 0 Å². The number of hydrogen-bond acceptors (Lipinski definition) is 1. The largest absolute Gasteiger partial charge is 0.393 e. The average Bonchev–Trinajstić information content (AvgIpc) is 3.11. The molecule has 0 aromatic carbocycles. The van der Waals surface area contributed by atoms with Crippen LogP contribution in [0.5, 0.6) is 0 Å². The maximum absolute atomic E-state index is 10.3. The minimum Gasteiger partial charge on any atom is -0.393 e. The summed E-state index contributed by atoms with van der Waals surface area (Å²) >= 11 is 0. The highest BCUT2D eigenvalue weighted by molar-refractivity contribution is 5.25. The third-order valence-electron chi connectivity index (χ3n) is 11.4. The van der Waals surface area contributed by atoms with E-state index in [4.69, 9.17) is 0 Å². The first-order valence-corrected chi connectivity index (χ1v) is 13.7. The van der Waals surface area contributed by atoms with Crippen LogP contribution in [0.2, 0.25) is 0 Å². The Labute approximate surface area is 193 Å². The summed E-state index contributed by atoms with van der Waals surface area (Å²) in [6.07, 6.45) is 19.2. The number of allylic oxidation sites excluding steroid dienone is 3. The van der Waals surface area contributed by atoms with Crippen LogP contribution >= 0.6 is 0 Å². The predicted octanol–water partition coefficient (Wildman–Crippen LogP) is 8.34. The smallest absolute Gasteiger partial charge is 0.0577 e. The number of rotatable bonds is 6. The van der Waals surface area contributed by atoms with E-state index in [1.54, 1.807) is 11.1 Å². The molecule has 31 heavy (non-hydrogen) atoms. The van der Waals surface area contributed by atoms with Crippen LogP contribution in [-0.2, 0) is 0 Å². The Morgan fingerprint density at radius 1 is 1.13 bits per heavy atom. The molecule has 4 rings (SSSR count). The number of aliphatic hydroxyl groups excluding tert-OH is 1. The second-order valence-electron chi connectivity index (χ2n) is 12.6. The van der Waals surface area contributed by atoms with Crippen LogP contribution in [0.15, 0.2) is 23.3 Å². The molecule has 9 unspecified atom stereocenters. The van der Waals surface area contributed by atoms with Gasteiger partial charge in [0.15, 0.2) is 0 Å². The molecule has 9 atom stereocenters. The molecule has 0 amide bonds. The molecule has 0 bridgehead atoms.